The lowest BCUT2D eigenvalue weighted by molar-refractivity contribution is -0.128. The van der Waals surface area contributed by atoms with Crippen molar-refractivity contribution in [2.24, 2.45) is 5.92 Å². The van der Waals surface area contributed by atoms with Crippen molar-refractivity contribution in [1.82, 2.24) is 4.90 Å². The molecule has 148 valence electrons. The summed E-state index contributed by atoms with van der Waals surface area (Å²) in [4.78, 5) is 27.0. The molecule has 5 heteroatoms. The Morgan fingerprint density at radius 2 is 1.89 bits per heavy atom. The third-order valence-corrected chi connectivity index (χ3v) is 5.12. The topological polar surface area (TPSA) is 58.6 Å². The molecule has 1 aliphatic heterocycles. The van der Waals surface area contributed by atoms with Gasteiger partial charge in [-0.2, -0.15) is 0 Å². The molecular weight excluding hydrogens is 352 g/mol. The Labute approximate surface area is 166 Å². The van der Waals surface area contributed by atoms with E-state index in [1.54, 1.807) is 12.0 Å². The molecule has 1 atom stereocenters. The Hall–Kier alpha value is -2.82. The number of amides is 2. The average Bonchev–Trinajstić information content (AvgIpc) is 3.02. The van der Waals surface area contributed by atoms with Crippen molar-refractivity contribution in [3.63, 3.8) is 0 Å². The summed E-state index contributed by atoms with van der Waals surface area (Å²) in [7, 11) is 1.59. The van der Waals surface area contributed by atoms with Crippen LogP contribution in [0.15, 0.2) is 48.5 Å². The number of rotatable bonds is 5. The number of hydrogen-bond donors (Lipinski definition) is 1. The molecule has 1 saturated heterocycles. The Morgan fingerprint density at radius 1 is 1.18 bits per heavy atom. The van der Waals surface area contributed by atoms with Gasteiger partial charge in [0.05, 0.1) is 18.7 Å². The Balaban J connectivity index is 1.71. The highest BCUT2D eigenvalue weighted by Gasteiger charge is 2.34. The standard InChI is InChI=1S/C23H28N2O3/c1-23(2,3)18-10-11-20(28-4)19(13-18)24-22(27)17-12-21(26)25(15-17)14-16-8-6-5-7-9-16/h5-11,13,17H,12,14-15H2,1-4H3,(H,24,27)/t17-/m0/s1. The number of hydrogen-bond acceptors (Lipinski definition) is 3. The molecule has 0 unspecified atom stereocenters. The van der Waals surface area contributed by atoms with Gasteiger partial charge in [0.1, 0.15) is 5.75 Å². The van der Waals surface area contributed by atoms with E-state index < -0.39 is 0 Å². The molecule has 0 bridgehead atoms. The SMILES string of the molecule is COc1ccc(C(C)(C)C)cc1NC(=O)[C@H]1CC(=O)N(Cc2ccccc2)C1. The zero-order valence-corrected chi connectivity index (χ0v) is 17.0. The maximum absolute atomic E-state index is 12.8. The molecule has 0 saturated carbocycles. The molecule has 0 aromatic heterocycles. The number of carbonyl (C=O) groups excluding carboxylic acids is 2. The summed E-state index contributed by atoms with van der Waals surface area (Å²) >= 11 is 0. The number of ether oxygens (including phenoxy) is 1. The maximum atomic E-state index is 12.8. The summed E-state index contributed by atoms with van der Waals surface area (Å²) in [6.45, 7) is 7.33. The van der Waals surface area contributed by atoms with Crippen molar-refractivity contribution < 1.29 is 14.3 Å². The first-order chi connectivity index (χ1) is 13.3. The van der Waals surface area contributed by atoms with E-state index in [4.69, 9.17) is 4.74 Å². The minimum Gasteiger partial charge on any atom is -0.495 e. The smallest absolute Gasteiger partial charge is 0.229 e. The summed E-state index contributed by atoms with van der Waals surface area (Å²) in [6, 6.07) is 15.7. The molecule has 0 aliphatic carbocycles. The van der Waals surface area contributed by atoms with Crippen LogP contribution in [0.5, 0.6) is 5.75 Å². The Bertz CT molecular complexity index is 856. The van der Waals surface area contributed by atoms with Gasteiger partial charge in [-0.25, -0.2) is 0 Å². The number of nitrogens with zero attached hydrogens (tertiary/aromatic N) is 1. The second-order valence-electron chi connectivity index (χ2n) is 8.32. The fraction of sp³-hybridized carbons (Fsp3) is 0.391. The highest BCUT2D eigenvalue weighted by molar-refractivity contribution is 5.98. The molecule has 1 heterocycles. The fourth-order valence-electron chi connectivity index (χ4n) is 3.41. The van der Waals surface area contributed by atoms with E-state index in [1.807, 2.05) is 48.5 Å². The van der Waals surface area contributed by atoms with Gasteiger partial charge in [0.2, 0.25) is 11.8 Å². The number of carbonyl (C=O) groups is 2. The Kier molecular flexibility index (Phi) is 5.73. The van der Waals surface area contributed by atoms with Crippen LogP contribution in [0, 0.1) is 5.92 Å². The van der Waals surface area contributed by atoms with Crippen LogP contribution < -0.4 is 10.1 Å². The van der Waals surface area contributed by atoms with Crippen LogP contribution >= 0.6 is 0 Å². The first kappa shape index (κ1) is 19.9. The summed E-state index contributed by atoms with van der Waals surface area (Å²) in [5.41, 5.74) is 2.78. The van der Waals surface area contributed by atoms with E-state index in [0.29, 0.717) is 24.5 Å². The molecule has 2 aromatic rings. The van der Waals surface area contributed by atoms with Crippen molar-refractivity contribution >= 4 is 17.5 Å². The van der Waals surface area contributed by atoms with Gasteiger partial charge in [0.25, 0.3) is 0 Å². The number of benzene rings is 2. The maximum Gasteiger partial charge on any atom is 0.229 e. The molecule has 1 aliphatic rings. The summed E-state index contributed by atoms with van der Waals surface area (Å²) in [6.07, 6.45) is 0.236. The lowest BCUT2D eigenvalue weighted by atomic mass is 9.86. The Morgan fingerprint density at radius 3 is 2.54 bits per heavy atom. The van der Waals surface area contributed by atoms with E-state index >= 15 is 0 Å². The van der Waals surface area contributed by atoms with Gasteiger partial charge >= 0.3 is 0 Å². The van der Waals surface area contributed by atoms with Gasteiger partial charge in [-0.15, -0.1) is 0 Å². The van der Waals surface area contributed by atoms with Crippen LogP contribution in [-0.2, 0) is 21.5 Å². The number of likely N-dealkylation sites (tertiary alicyclic amines) is 1. The second-order valence-corrected chi connectivity index (χ2v) is 8.32. The number of methoxy groups -OCH3 is 1. The van der Waals surface area contributed by atoms with Crippen LogP contribution in [-0.4, -0.2) is 30.4 Å². The first-order valence-corrected chi connectivity index (χ1v) is 9.59. The van der Waals surface area contributed by atoms with Crippen molar-refractivity contribution in [3.8, 4) is 5.75 Å². The quantitative estimate of drug-likeness (QED) is 0.854. The highest BCUT2D eigenvalue weighted by atomic mass is 16.5. The van der Waals surface area contributed by atoms with E-state index in [1.165, 1.54) is 0 Å². The zero-order valence-electron chi connectivity index (χ0n) is 17.0. The predicted molar refractivity (Wildman–Crippen MR) is 110 cm³/mol. The van der Waals surface area contributed by atoms with Gasteiger partial charge in [0.15, 0.2) is 0 Å². The minimum absolute atomic E-state index is 0.0133. The summed E-state index contributed by atoms with van der Waals surface area (Å²) in [5.74, 6) is 0.124. The van der Waals surface area contributed by atoms with Gasteiger partial charge in [0, 0.05) is 19.5 Å². The molecule has 1 fully saturated rings. The molecule has 2 amide bonds. The first-order valence-electron chi connectivity index (χ1n) is 9.59. The van der Waals surface area contributed by atoms with Crippen LogP contribution in [0.25, 0.3) is 0 Å². The van der Waals surface area contributed by atoms with Gasteiger partial charge in [-0.05, 0) is 28.7 Å². The van der Waals surface area contributed by atoms with Gasteiger partial charge in [-0.3, -0.25) is 9.59 Å². The van der Waals surface area contributed by atoms with Crippen molar-refractivity contribution in [1.29, 1.82) is 0 Å². The molecule has 2 aromatic carbocycles. The molecule has 0 spiro atoms. The van der Waals surface area contributed by atoms with Crippen LogP contribution in [0.4, 0.5) is 5.69 Å². The molecule has 5 nitrogen and oxygen atoms in total. The zero-order chi connectivity index (χ0) is 20.3. The number of nitrogens with one attached hydrogen (secondary N) is 1. The van der Waals surface area contributed by atoms with Crippen LogP contribution in [0.1, 0.15) is 38.3 Å². The lowest BCUT2D eigenvalue weighted by Gasteiger charge is -2.22. The largest absolute Gasteiger partial charge is 0.495 e. The van der Waals surface area contributed by atoms with Crippen LogP contribution in [0.3, 0.4) is 0 Å². The average molecular weight is 380 g/mol. The third kappa shape index (κ3) is 4.53. The molecule has 3 rings (SSSR count). The summed E-state index contributed by atoms with van der Waals surface area (Å²) in [5, 5.41) is 2.98. The van der Waals surface area contributed by atoms with Crippen molar-refractivity contribution in [3.05, 3.63) is 59.7 Å². The molecule has 1 N–H and O–H groups in total. The summed E-state index contributed by atoms with van der Waals surface area (Å²) < 4.78 is 5.41. The minimum atomic E-state index is -0.362. The fourth-order valence-corrected chi connectivity index (χ4v) is 3.41. The van der Waals surface area contributed by atoms with E-state index in [-0.39, 0.29) is 29.6 Å². The van der Waals surface area contributed by atoms with Crippen LogP contribution in [0.2, 0.25) is 0 Å². The van der Waals surface area contributed by atoms with Crippen molar-refractivity contribution in [2.75, 3.05) is 19.0 Å². The number of anilines is 1. The predicted octanol–water partition coefficient (Wildman–Crippen LogP) is 3.98. The van der Waals surface area contributed by atoms with Crippen molar-refractivity contribution in [2.45, 2.75) is 39.2 Å². The molecule has 0 radical (unpaired) electrons. The normalized spacial score (nSPS) is 16.9. The van der Waals surface area contributed by atoms with Gasteiger partial charge in [-0.1, -0.05) is 57.2 Å². The lowest BCUT2D eigenvalue weighted by Crippen LogP contribution is -2.28. The van der Waals surface area contributed by atoms with E-state index in [0.717, 1.165) is 11.1 Å². The highest BCUT2D eigenvalue weighted by Crippen LogP contribution is 2.32. The second kappa shape index (κ2) is 8.05. The van der Waals surface area contributed by atoms with Gasteiger partial charge < -0.3 is 15.0 Å². The van der Waals surface area contributed by atoms with E-state index in [9.17, 15) is 9.59 Å². The monoisotopic (exact) mass is 380 g/mol. The van der Waals surface area contributed by atoms with E-state index in [2.05, 4.69) is 26.1 Å². The molecular formula is C23H28N2O3. The third-order valence-electron chi connectivity index (χ3n) is 5.12. The molecule has 28 heavy (non-hydrogen) atoms.